The highest BCUT2D eigenvalue weighted by Crippen LogP contribution is 2.49. The molecule has 4 rings (SSSR count). The van der Waals surface area contributed by atoms with Gasteiger partial charge in [-0.15, -0.1) is 0 Å². The van der Waals surface area contributed by atoms with Gasteiger partial charge in [-0.2, -0.15) is 0 Å². The molecule has 0 bridgehead atoms. The summed E-state index contributed by atoms with van der Waals surface area (Å²) in [6, 6.07) is 7.09. The molecular weight excluding hydrogens is 350 g/mol. The van der Waals surface area contributed by atoms with E-state index in [2.05, 4.69) is 62.6 Å². The molecule has 1 aromatic carbocycles. The van der Waals surface area contributed by atoms with Gasteiger partial charge in [0.25, 0.3) is 0 Å². The zero-order valence-corrected chi connectivity index (χ0v) is 18.9. The lowest BCUT2D eigenvalue weighted by Gasteiger charge is -2.46. The van der Waals surface area contributed by atoms with Gasteiger partial charge in [0.05, 0.1) is 0 Å². The van der Waals surface area contributed by atoms with Crippen molar-refractivity contribution >= 4 is 5.70 Å². The van der Waals surface area contributed by atoms with Crippen LogP contribution in [0.5, 0.6) is 0 Å². The molecule has 0 saturated carbocycles. The summed E-state index contributed by atoms with van der Waals surface area (Å²) in [7, 11) is 0. The molecule has 0 radical (unpaired) electrons. The highest BCUT2D eigenvalue weighted by Gasteiger charge is 2.38. The van der Waals surface area contributed by atoms with Crippen molar-refractivity contribution in [1.29, 1.82) is 0 Å². The Morgan fingerprint density at radius 3 is 2.62 bits per heavy atom. The van der Waals surface area contributed by atoms with Crippen molar-refractivity contribution in [2.24, 2.45) is 11.3 Å². The topological polar surface area (TPSA) is 3.24 Å². The Kier molecular flexibility index (Phi) is 6.04. The van der Waals surface area contributed by atoms with Gasteiger partial charge in [0.15, 0.2) is 0 Å². The normalized spacial score (nSPS) is 21.0. The minimum Gasteiger partial charge on any atom is -0.371 e. The average Bonchev–Trinajstić information content (AvgIpc) is 2.73. The molecule has 1 aliphatic heterocycles. The molecule has 29 heavy (non-hydrogen) atoms. The molecular formula is C28H39N. The molecule has 1 heterocycles. The predicted molar refractivity (Wildman–Crippen MR) is 126 cm³/mol. The number of aryl methyl sites for hydroxylation is 1. The first kappa shape index (κ1) is 20.5. The van der Waals surface area contributed by atoms with Gasteiger partial charge < -0.3 is 4.90 Å². The van der Waals surface area contributed by atoms with Gasteiger partial charge >= 0.3 is 0 Å². The van der Waals surface area contributed by atoms with Gasteiger partial charge in [-0.25, -0.2) is 0 Å². The first-order valence-electron chi connectivity index (χ1n) is 11.9. The van der Waals surface area contributed by atoms with Crippen LogP contribution in [0.3, 0.4) is 0 Å². The Bertz CT molecular complexity index is 815. The highest BCUT2D eigenvalue weighted by atomic mass is 15.1. The summed E-state index contributed by atoms with van der Waals surface area (Å²) < 4.78 is 0. The number of likely N-dealkylation sites (tertiary alicyclic amines) is 1. The van der Waals surface area contributed by atoms with Gasteiger partial charge in [0.1, 0.15) is 0 Å². The second kappa shape index (κ2) is 8.54. The van der Waals surface area contributed by atoms with Crippen molar-refractivity contribution in [2.75, 3.05) is 13.1 Å². The van der Waals surface area contributed by atoms with Crippen LogP contribution in [0.4, 0.5) is 0 Å². The van der Waals surface area contributed by atoms with E-state index in [0.717, 1.165) is 6.42 Å². The Hall–Kier alpha value is -1.76. The molecule has 1 nitrogen and oxygen atoms in total. The van der Waals surface area contributed by atoms with E-state index >= 15 is 0 Å². The van der Waals surface area contributed by atoms with E-state index < -0.39 is 0 Å². The molecule has 2 aliphatic carbocycles. The lowest BCUT2D eigenvalue weighted by Crippen LogP contribution is -2.40. The maximum Gasteiger partial charge on any atom is 0.0366 e. The lowest BCUT2D eigenvalue weighted by atomic mass is 9.65. The summed E-state index contributed by atoms with van der Waals surface area (Å²) in [6.45, 7) is 13.8. The van der Waals surface area contributed by atoms with Crippen molar-refractivity contribution in [3.63, 3.8) is 0 Å². The molecule has 1 aromatic rings. The number of piperidine rings is 1. The molecule has 1 fully saturated rings. The molecule has 1 spiro atoms. The summed E-state index contributed by atoms with van der Waals surface area (Å²) in [4.78, 5) is 2.56. The van der Waals surface area contributed by atoms with E-state index in [1.165, 1.54) is 86.8 Å². The van der Waals surface area contributed by atoms with E-state index in [-0.39, 0.29) is 0 Å². The van der Waals surface area contributed by atoms with Crippen molar-refractivity contribution in [2.45, 2.75) is 78.6 Å². The van der Waals surface area contributed by atoms with Crippen LogP contribution in [0.25, 0.3) is 5.70 Å². The minimum atomic E-state index is 0.566. The van der Waals surface area contributed by atoms with Crippen molar-refractivity contribution in [1.82, 2.24) is 4.90 Å². The minimum absolute atomic E-state index is 0.566. The number of hydrogen-bond acceptors (Lipinski definition) is 1. The summed E-state index contributed by atoms with van der Waals surface area (Å²) >= 11 is 0. The largest absolute Gasteiger partial charge is 0.371 e. The monoisotopic (exact) mass is 389 g/mol. The molecule has 0 N–H and O–H groups in total. The van der Waals surface area contributed by atoms with Gasteiger partial charge in [-0.3, -0.25) is 0 Å². The van der Waals surface area contributed by atoms with E-state index in [1.54, 1.807) is 11.1 Å². The SMILES string of the molecule is C=C(c1ccc(CC(C)C)c(CC)c1)N1CCC2(CCC3=C(CCC=C3)C2)CC1. The zero-order valence-electron chi connectivity index (χ0n) is 18.9. The van der Waals surface area contributed by atoms with Crippen LogP contribution in [0.2, 0.25) is 0 Å². The maximum atomic E-state index is 4.52. The van der Waals surface area contributed by atoms with Gasteiger partial charge in [-0.05, 0) is 97.5 Å². The summed E-state index contributed by atoms with van der Waals surface area (Å²) in [6.07, 6.45) is 16.4. The van der Waals surface area contributed by atoms with Crippen LogP contribution in [-0.2, 0) is 12.8 Å². The van der Waals surface area contributed by atoms with Crippen LogP contribution < -0.4 is 0 Å². The number of rotatable bonds is 5. The molecule has 0 unspecified atom stereocenters. The van der Waals surface area contributed by atoms with E-state index in [1.807, 2.05) is 0 Å². The van der Waals surface area contributed by atoms with Gasteiger partial charge in [0.2, 0.25) is 0 Å². The standard InChI is InChI=1S/C28H39N/c1-5-23-19-25(10-11-26(23)18-21(2)3)22(4)29-16-14-28(15-17-29)13-12-24-8-6-7-9-27(24)20-28/h6,8,10-11,19,21H,4-5,7,9,12-18,20H2,1-3H3. The molecule has 1 saturated heterocycles. The molecule has 0 atom stereocenters. The third kappa shape index (κ3) is 4.39. The predicted octanol–water partition coefficient (Wildman–Crippen LogP) is 7.33. The lowest BCUT2D eigenvalue weighted by molar-refractivity contribution is 0.122. The van der Waals surface area contributed by atoms with Crippen LogP contribution in [0.1, 0.15) is 82.4 Å². The van der Waals surface area contributed by atoms with Crippen LogP contribution in [0, 0.1) is 11.3 Å². The van der Waals surface area contributed by atoms with Crippen LogP contribution in [0.15, 0.2) is 48.1 Å². The second-order valence-corrected chi connectivity index (χ2v) is 10.1. The molecule has 1 heteroatoms. The number of nitrogens with zero attached hydrogens (tertiary/aromatic N) is 1. The van der Waals surface area contributed by atoms with Crippen LogP contribution >= 0.6 is 0 Å². The van der Waals surface area contributed by atoms with E-state index in [0.29, 0.717) is 11.3 Å². The third-order valence-electron chi connectivity index (χ3n) is 7.65. The first-order valence-corrected chi connectivity index (χ1v) is 11.9. The van der Waals surface area contributed by atoms with Gasteiger partial charge in [0, 0.05) is 18.8 Å². The highest BCUT2D eigenvalue weighted by molar-refractivity contribution is 5.63. The summed E-state index contributed by atoms with van der Waals surface area (Å²) in [5, 5.41) is 0. The Morgan fingerprint density at radius 1 is 1.10 bits per heavy atom. The number of benzene rings is 1. The molecule has 0 aromatic heterocycles. The summed E-state index contributed by atoms with van der Waals surface area (Å²) in [5.41, 5.74) is 9.60. The maximum absolute atomic E-state index is 4.52. The number of hydrogen-bond donors (Lipinski definition) is 0. The zero-order chi connectivity index (χ0) is 20.4. The Labute approximate surface area is 178 Å². The van der Waals surface area contributed by atoms with E-state index in [9.17, 15) is 0 Å². The van der Waals surface area contributed by atoms with E-state index in [4.69, 9.17) is 0 Å². The van der Waals surface area contributed by atoms with Crippen LogP contribution in [-0.4, -0.2) is 18.0 Å². The smallest absolute Gasteiger partial charge is 0.0366 e. The van der Waals surface area contributed by atoms with Gasteiger partial charge in [-0.1, -0.05) is 57.2 Å². The van der Waals surface area contributed by atoms with Crippen molar-refractivity contribution in [3.05, 3.63) is 64.8 Å². The number of allylic oxidation sites excluding steroid dienone is 4. The Morgan fingerprint density at radius 2 is 1.90 bits per heavy atom. The summed E-state index contributed by atoms with van der Waals surface area (Å²) in [5.74, 6) is 0.707. The third-order valence-corrected chi connectivity index (χ3v) is 7.65. The molecule has 0 amide bonds. The fourth-order valence-corrected chi connectivity index (χ4v) is 5.80. The quantitative estimate of drug-likeness (QED) is 0.509. The van der Waals surface area contributed by atoms with Crippen molar-refractivity contribution in [3.8, 4) is 0 Å². The molecule has 3 aliphatic rings. The fraction of sp³-hybridized carbons (Fsp3) is 0.571. The Balaban J connectivity index is 1.42. The first-order chi connectivity index (χ1) is 14.0. The van der Waals surface area contributed by atoms with Crippen molar-refractivity contribution < 1.29 is 0 Å². The fourth-order valence-electron chi connectivity index (χ4n) is 5.80. The molecule has 156 valence electrons. The second-order valence-electron chi connectivity index (χ2n) is 10.1. The average molecular weight is 390 g/mol.